The van der Waals surface area contributed by atoms with Crippen molar-refractivity contribution in [3.8, 4) is 11.4 Å². The summed E-state index contributed by atoms with van der Waals surface area (Å²) in [6, 6.07) is 5.20. The number of piperazine rings is 1. The Morgan fingerprint density at radius 3 is 2.55 bits per heavy atom. The molecular formula is C19H25FN6O3. The van der Waals surface area contributed by atoms with E-state index in [2.05, 4.69) is 20.4 Å². The molecule has 9 nitrogen and oxygen atoms in total. The number of hydrogen-bond donors (Lipinski definition) is 1. The molecule has 1 N–H and O–H groups in total. The minimum Gasteiger partial charge on any atom is -0.490 e. The Balaban J connectivity index is 1.23. The summed E-state index contributed by atoms with van der Waals surface area (Å²) in [4.78, 5) is 14.9. The molecule has 4 rings (SSSR count). The summed E-state index contributed by atoms with van der Waals surface area (Å²) < 4.78 is 21.5. The lowest BCUT2D eigenvalue weighted by molar-refractivity contribution is 0.0616. The van der Waals surface area contributed by atoms with Crippen molar-refractivity contribution < 1.29 is 19.0 Å². The topological polar surface area (TPSA) is 96.6 Å². The number of halogens is 1. The maximum absolute atomic E-state index is 14.3. The summed E-state index contributed by atoms with van der Waals surface area (Å²) in [5.74, 6) is 0.224. The van der Waals surface area contributed by atoms with Gasteiger partial charge in [0.1, 0.15) is 6.33 Å². The molecule has 0 bridgehead atoms. The van der Waals surface area contributed by atoms with E-state index in [0.717, 1.165) is 38.8 Å². The number of carbonyl (C=O) groups is 1. The summed E-state index contributed by atoms with van der Waals surface area (Å²) in [6.45, 7) is 3.27. The number of aromatic nitrogens is 4. The highest BCUT2D eigenvalue weighted by Crippen LogP contribution is 2.29. The lowest BCUT2D eigenvalue weighted by atomic mass is 9.85. The van der Waals surface area contributed by atoms with Gasteiger partial charge < -0.3 is 14.7 Å². The lowest BCUT2D eigenvalue weighted by Gasteiger charge is -2.41. The van der Waals surface area contributed by atoms with E-state index >= 15 is 0 Å². The van der Waals surface area contributed by atoms with Crippen LogP contribution in [0.25, 0.3) is 5.69 Å². The highest BCUT2D eigenvalue weighted by atomic mass is 19.1. The predicted octanol–water partition coefficient (Wildman–Crippen LogP) is 2.03. The molecule has 0 unspecified atom stereocenters. The SMILES string of the molecule is O=C(O)N1CCN(C2CCC(COc3ccc(-n4cnnn4)cc3F)CC2)CC1. The van der Waals surface area contributed by atoms with Crippen LogP contribution >= 0.6 is 0 Å². The first-order valence-electron chi connectivity index (χ1n) is 9.98. The van der Waals surface area contributed by atoms with Crippen LogP contribution < -0.4 is 4.74 Å². The van der Waals surface area contributed by atoms with E-state index in [4.69, 9.17) is 9.84 Å². The van der Waals surface area contributed by atoms with Crippen molar-refractivity contribution in [3.63, 3.8) is 0 Å². The van der Waals surface area contributed by atoms with Crippen LogP contribution in [0.1, 0.15) is 25.7 Å². The molecule has 1 amide bonds. The molecule has 10 heteroatoms. The van der Waals surface area contributed by atoms with Gasteiger partial charge in [-0.1, -0.05) is 0 Å². The van der Waals surface area contributed by atoms with E-state index in [9.17, 15) is 9.18 Å². The number of tetrazole rings is 1. The Kier molecular flexibility index (Phi) is 5.89. The van der Waals surface area contributed by atoms with E-state index < -0.39 is 11.9 Å². The fourth-order valence-corrected chi connectivity index (χ4v) is 4.19. The first-order chi connectivity index (χ1) is 14.1. The summed E-state index contributed by atoms with van der Waals surface area (Å²) in [5.41, 5.74) is 0.545. The second-order valence-corrected chi connectivity index (χ2v) is 7.66. The number of hydrogen-bond acceptors (Lipinski definition) is 6. The average molecular weight is 404 g/mol. The third kappa shape index (κ3) is 4.64. The maximum Gasteiger partial charge on any atom is 0.407 e. The molecule has 156 valence electrons. The molecule has 1 aliphatic carbocycles. The van der Waals surface area contributed by atoms with Gasteiger partial charge in [-0.25, -0.2) is 13.9 Å². The van der Waals surface area contributed by atoms with Gasteiger partial charge in [0.15, 0.2) is 11.6 Å². The van der Waals surface area contributed by atoms with Crippen molar-refractivity contribution in [1.82, 2.24) is 30.0 Å². The Morgan fingerprint density at radius 2 is 1.93 bits per heavy atom. The lowest BCUT2D eigenvalue weighted by Crippen LogP contribution is -2.52. The van der Waals surface area contributed by atoms with E-state index in [0.29, 0.717) is 37.3 Å². The molecule has 2 aromatic rings. The third-order valence-corrected chi connectivity index (χ3v) is 5.92. The molecule has 2 fully saturated rings. The second kappa shape index (κ2) is 8.73. The van der Waals surface area contributed by atoms with Gasteiger partial charge in [0, 0.05) is 38.3 Å². The van der Waals surface area contributed by atoms with E-state index in [-0.39, 0.29) is 5.75 Å². The molecule has 1 aromatic carbocycles. The van der Waals surface area contributed by atoms with Gasteiger partial charge in [0.25, 0.3) is 0 Å². The Labute approximate surface area is 168 Å². The van der Waals surface area contributed by atoms with Crippen LogP contribution in [0, 0.1) is 11.7 Å². The second-order valence-electron chi connectivity index (χ2n) is 7.66. The van der Waals surface area contributed by atoms with Crippen LogP contribution in [0.4, 0.5) is 9.18 Å². The fraction of sp³-hybridized carbons (Fsp3) is 0.579. The molecule has 0 atom stereocenters. The van der Waals surface area contributed by atoms with Crippen LogP contribution in [-0.4, -0.2) is 80.0 Å². The first kappa shape index (κ1) is 19.6. The fourth-order valence-electron chi connectivity index (χ4n) is 4.19. The van der Waals surface area contributed by atoms with Gasteiger partial charge in [0.2, 0.25) is 0 Å². The Hall–Kier alpha value is -2.75. The van der Waals surface area contributed by atoms with Gasteiger partial charge >= 0.3 is 6.09 Å². The van der Waals surface area contributed by atoms with Gasteiger partial charge in [-0.2, -0.15) is 0 Å². The normalized spacial score (nSPS) is 23.1. The van der Waals surface area contributed by atoms with Crippen molar-refractivity contribution in [2.45, 2.75) is 31.7 Å². The number of nitrogens with zero attached hydrogens (tertiary/aromatic N) is 6. The number of rotatable bonds is 5. The summed E-state index contributed by atoms with van der Waals surface area (Å²) >= 11 is 0. The molecule has 29 heavy (non-hydrogen) atoms. The molecule has 2 aliphatic rings. The molecule has 0 spiro atoms. The molecule has 1 aliphatic heterocycles. The van der Waals surface area contributed by atoms with Crippen molar-refractivity contribution in [2.24, 2.45) is 5.92 Å². The number of ether oxygens (including phenoxy) is 1. The van der Waals surface area contributed by atoms with Crippen LogP contribution in [0.15, 0.2) is 24.5 Å². The average Bonchev–Trinajstić information content (AvgIpc) is 3.28. The monoisotopic (exact) mass is 404 g/mol. The van der Waals surface area contributed by atoms with Gasteiger partial charge in [-0.15, -0.1) is 5.10 Å². The molecule has 0 radical (unpaired) electrons. The molecule has 2 heterocycles. The van der Waals surface area contributed by atoms with Crippen molar-refractivity contribution in [2.75, 3.05) is 32.8 Å². The standard InChI is InChI=1S/C19H25FN6O3/c20-17-11-16(26-13-21-22-23-26)5-6-18(17)29-12-14-1-3-15(4-2-14)24-7-9-25(10-8-24)19(27)28/h5-6,11,13-15H,1-4,7-10,12H2,(H,27,28). The molecule has 1 saturated heterocycles. The zero-order chi connectivity index (χ0) is 20.2. The number of benzene rings is 1. The highest BCUT2D eigenvalue weighted by molar-refractivity contribution is 5.65. The zero-order valence-electron chi connectivity index (χ0n) is 16.2. The summed E-state index contributed by atoms with van der Waals surface area (Å²) in [6.07, 6.45) is 4.80. The Morgan fingerprint density at radius 1 is 1.17 bits per heavy atom. The predicted molar refractivity (Wildman–Crippen MR) is 102 cm³/mol. The largest absolute Gasteiger partial charge is 0.490 e. The molecule has 1 saturated carbocycles. The van der Waals surface area contributed by atoms with Crippen LogP contribution in [0.5, 0.6) is 5.75 Å². The summed E-state index contributed by atoms with van der Waals surface area (Å²) in [7, 11) is 0. The first-order valence-corrected chi connectivity index (χ1v) is 9.98. The number of amides is 1. The smallest absolute Gasteiger partial charge is 0.407 e. The highest BCUT2D eigenvalue weighted by Gasteiger charge is 2.29. The minimum absolute atomic E-state index is 0.244. The van der Waals surface area contributed by atoms with E-state index in [1.165, 1.54) is 22.0 Å². The Bertz CT molecular complexity index is 817. The van der Waals surface area contributed by atoms with Crippen molar-refractivity contribution in [1.29, 1.82) is 0 Å². The van der Waals surface area contributed by atoms with Crippen LogP contribution in [0.3, 0.4) is 0 Å². The van der Waals surface area contributed by atoms with Gasteiger partial charge in [-0.05, 0) is 54.2 Å². The van der Waals surface area contributed by atoms with Gasteiger partial charge in [-0.3, -0.25) is 4.90 Å². The van der Waals surface area contributed by atoms with Gasteiger partial charge in [0.05, 0.1) is 12.3 Å². The third-order valence-electron chi connectivity index (χ3n) is 5.92. The van der Waals surface area contributed by atoms with E-state index in [1.807, 2.05) is 0 Å². The number of carboxylic acid groups (broad SMARTS) is 1. The van der Waals surface area contributed by atoms with E-state index in [1.54, 1.807) is 12.1 Å². The molecule has 1 aromatic heterocycles. The van der Waals surface area contributed by atoms with Crippen LogP contribution in [-0.2, 0) is 0 Å². The molecular weight excluding hydrogens is 379 g/mol. The summed E-state index contributed by atoms with van der Waals surface area (Å²) in [5, 5.41) is 19.9. The minimum atomic E-state index is -0.830. The quantitative estimate of drug-likeness (QED) is 0.814. The zero-order valence-corrected chi connectivity index (χ0v) is 16.2. The van der Waals surface area contributed by atoms with Crippen molar-refractivity contribution >= 4 is 6.09 Å². The van der Waals surface area contributed by atoms with Crippen molar-refractivity contribution in [3.05, 3.63) is 30.3 Å². The maximum atomic E-state index is 14.3. The van der Waals surface area contributed by atoms with Crippen LogP contribution in [0.2, 0.25) is 0 Å².